The van der Waals surface area contributed by atoms with Gasteiger partial charge in [-0.2, -0.15) is 36.4 Å². The summed E-state index contributed by atoms with van der Waals surface area (Å²) in [4.78, 5) is 29.4. The van der Waals surface area contributed by atoms with Gasteiger partial charge in [0.05, 0.1) is 18.3 Å². The lowest BCUT2D eigenvalue weighted by Crippen LogP contribution is -2.62. The molecule has 1 aliphatic carbocycles. The Kier molecular flexibility index (Phi) is 8.94. The maximum Gasteiger partial charge on any atom is 0.422 e. The molecule has 57 heavy (non-hydrogen) atoms. The number of carbonyl (C=O) groups is 1. The van der Waals surface area contributed by atoms with Gasteiger partial charge in [-0.15, -0.1) is 0 Å². The van der Waals surface area contributed by atoms with Gasteiger partial charge in [-0.3, -0.25) is 14.8 Å². The SMILES string of the molecule is C=C(F)C(=O)N1CC2(CCN(c3nc(N4CC5(CCN(CC(F)(F)F)CC5)C4)nc4c(OCC(F)(F)F)c(-c5c(C)ccc6[nH]ncc56)c(C5CC5)cc34)CC2)C1. The van der Waals surface area contributed by atoms with Crippen molar-refractivity contribution in [2.24, 2.45) is 10.8 Å². The molecule has 2 aromatic heterocycles. The minimum absolute atomic E-state index is 0.0252. The molecule has 6 heterocycles. The Morgan fingerprint density at radius 3 is 2.19 bits per heavy atom. The summed E-state index contributed by atoms with van der Waals surface area (Å²) in [5.41, 5.74) is 3.54. The van der Waals surface area contributed by atoms with Gasteiger partial charge in [0, 0.05) is 66.4 Å². The number of likely N-dealkylation sites (tertiary alicyclic amines) is 2. The molecule has 4 saturated heterocycles. The van der Waals surface area contributed by atoms with Crippen molar-refractivity contribution in [1.82, 2.24) is 30.0 Å². The number of fused-ring (bicyclic) bond motifs is 2. The zero-order valence-corrected chi connectivity index (χ0v) is 31.5. The van der Waals surface area contributed by atoms with E-state index in [1.165, 1.54) is 9.80 Å². The molecule has 10 nitrogen and oxygen atoms in total. The summed E-state index contributed by atoms with van der Waals surface area (Å²) >= 11 is 0. The average Bonchev–Trinajstić information content (AvgIpc) is 3.86. The highest BCUT2D eigenvalue weighted by Crippen LogP contribution is 2.54. The number of hydrogen-bond donors (Lipinski definition) is 1. The first-order chi connectivity index (χ1) is 27.0. The zero-order chi connectivity index (χ0) is 40.1. The monoisotopic (exact) mass is 800 g/mol. The first kappa shape index (κ1) is 37.9. The van der Waals surface area contributed by atoms with E-state index >= 15 is 0 Å². The highest BCUT2D eigenvalue weighted by atomic mass is 19.4. The summed E-state index contributed by atoms with van der Waals surface area (Å²) in [7, 11) is 0. The Labute approximate surface area is 324 Å². The summed E-state index contributed by atoms with van der Waals surface area (Å²) < 4.78 is 101. The van der Waals surface area contributed by atoms with Crippen molar-refractivity contribution in [1.29, 1.82) is 0 Å². The van der Waals surface area contributed by atoms with Gasteiger partial charge < -0.3 is 19.4 Å². The molecule has 17 heteroatoms. The quantitative estimate of drug-likeness (QED) is 0.144. The number of amides is 1. The van der Waals surface area contributed by atoms with Crippen molar-refractivity contribution in [3.8, 4) is 16.9 Å². The molecule has 1 amide bonds. The number of aromatic amines is 1. The fourth-order valence-electron chi connectivity index (χ4n) is 9.59. The molecule has 4 aromatic rings. The number of nitrogens with zero attached hydrogens (tertiary/aromatic N) is 7. The first-order valence-electron chi connectivity index (χ1n) is 19.4. The van der Waals surface area contributed by atoms with Crippen LogP contribution in [-0.2, 0) is 4.79 Å². The van der Waals surface area contributed by atoms with Gasteiger partial charge in [-0.1, -0.05) is 12.6 Å². The van der Waals surface area contributed by atoms with E-state index in [9.17, 15) is 35.5 Å². The third-order valence-electron chi connectivity index (χ3n) is 12.8. The van der Waals surface area contributed by atoms with Gasteiger partial charge in [0.1, 0.15) is 11.3 Å². The van der Waals surface area contributed by atoms with Crippen molar-refractivity contribution in [2.45, 2.75) is 63.7 Å². The molecule has 4 aliphatic heterocycles. The van der Waals surface area contributed by atoms with Gasteiger partial charge in [-0.25, -0.2) is 9.37 Å². The molecule has 5 fully saturated rings. The highest BCUT2D eigenvalue weighted by Gasteiger charge is 2.49. The number of halogens is 7. The van der Waals surface area contributed by atoms with E-state index in [4.69, 9.17) is 14.7 Å². The molecular weight excluding hydrogens is 757 g/mol. The predicted molar refractivity (Wildman–Crippen MR) is 200 cm³/mol. The molecule has 1 N–H and O–H groups in total. The number of piperidine rings is 2. The Bertz CT molecular complexity index is 2240. The number of alkyl halides is 6. The van der Waals surface area contributed by atoms with Crippen LogP contribution < -0.4 is 14.5 Å². The molecule has 0 unspecified atom stereocenters. The van der Waals surface area contributed by atoms with Crippen molar-refractivity contribution in [2.75, 3.05) is 75.3 Å². The number of benzene rings is 2. The fourth-order valence-corrected chi connectivity index (χ4v) is 9.59. The van der Waals surface area contributed by atoms with E-state index in [0.717, 1.165) is 40.4 Å². The topological polar surface area (TPSA) is 93.7 Å². The van der Waals surface area contributed by atoms with Crippen molar-refractivity contribution >= 4 is 39.5 Å². The lowest BCUT2D eigenvalue weighted by Gasteiger charge is -2.54. The van der Waals surface area contributed by atoms with E-state index in [-0.39, 0.29) is 28.0 Å². The normalized spacial score (nSPS) is 21.0. The summed E-state index contributed by atoms with van der Waals surface area (Å²) in [5, 5.41) is 8.55. The van der Waals surface area contributed by atoms with Gasteiger partial charge in [-0.05, 0) is 93.3 Å². The number of nitrogens with one attached hydrogen (secondary N) is 1. The van der Waals surface area contributed by atoms with E-state index in [2.05, 4.69) is 21.7 Å². The molecule has 5 aliphatic rings. The minimum atomic E-state index is -4.65. The predicted octanol–water partition coefficient (Wildman–Crippen LogP) is 7.68. The fraction of sp³-hybridized carbons (Fsp3) is 0.550. The van der Waals surface area contributed by atoms with Gasteiger partial charge >= 0.3 is 12.4 Å². The van der Waals surface area contributed by atoms with Crippen LogP contribution in [0, 0.1) is 17.8 Å². The van der Waals surface area contributed by atoms with Crippen molar-refractivity contribution in [3.63, 3.8) is 0 Å². The Hall–Kier alpha value is -4.67. The number of aromatic nitrogens is 4. The van der Waals surface area contributed by atoms with Crippen LogP contribution in [-0.4, -0.2) is 114 Å². The van der Waals surface area contributed by atoms with E-state index in [1.807, 2.05) is 30.0 Å². The second-order valence-electron chi connectivity index (χ2n) is 17.0. The maximum absolute atomic E-state index is 14.1. The third-order valence-corrected chi connectivity index (χ3v) is 12.8. The number of ether oxygens (including phenoxy) is 1. The lowest BCUT2D eigenvalue weighted by molar-refractivity contribution is -0.153. The highest BCUT2D eigenvalue weighted by molar-refractivity contribution is 6.06. The van der Waals surface area contributed by atoms with Crippen molar-refractivity contribution < 1.29 is 40.3 Å². The maximum atomic E-state index is 14.1. The van der Waals surface area contributed by atoms with Gasteiger partial charge in [0.15, 0.2) is 18.2 Å². The van der Waals surface area contributed by atoms with Gasteiger partial charge in [0.25, 0.3) is 5.91 Å². The second-order valence-corrected chi connectivity index (χ2v) is 17.0. The Morgan fingerprint density at radius 1 is 0.895 bits per heavy atom. The smallest absolute Gasteiger partial charge is 0.422 e. The summed E-state index contributed by atoms with van der Waals surface area (Å²) in [5.74, 6) is -0.697. The van der Waals surface area contributed by atoms with Crippen LogP contribution in [0.25, 0.3) is 32.9 Å². The van der Waals surface area contributed by atoms with E-state index in [0.29, 0.717) is 101 Å². The van der Waals surface area contributed by atoms with Crippen LogP contribution in [0.4, 0.5) is 42.5 Å². The Morgan fingerprint density at radius 2 is 1.56 bits per heavy atom. The molecule has 0 atom stereocenters. The van der Waals surface area contributed by atoms with E-state index in [1.54, 1.807) is 6.20 Å². The second kappa shape index (κ2) is 13.4. The number of anilines is 2. The lowest BCUT2D eigenvalue weighted by atomic mass is 9.72. The van der Waals surface area contributed by atoms with Crippen LogP contribution in [0.5, 0.6) is 5.75 Å². The summed E-state index contributed by atoms with van der Waals surface area (Å²) in [6.07, 6.45) is -3.01. The average molecular weight is 801 g/mol. The molecule has 2 spiro atoms. The van der Waals surface area contributed by atoms with E-state index < -0.39 is 37.2 Å². The Balaban J connectivity index is 1.14. The molecular formula is C40H43F7N8O2. The molecule has 2 aromatic carbocycles. The van der Waals surface area contributed by atoms with Crippen LogP contribution in [0.3, 0.4) is 0 Å². The zero-order valence-electron chi connectivity index (χ0n) is 31.5. The number of aryl methyl sites for hydroxylation is 1. The summed E-state index contributed by atoms with van der Waals surface area (Å²) in [6.45, 7) is 6.12. The molecule has 0 bridgehead atoms. The minimum Gasteiger partial charge on any atom is -0.481 e. The third kappa shape index (κ3) is 7.13. The largest absolute Gasteiger partial charge is 0.481 e. The summed E-state index contributed by atoms with van der Waals surface area (Å²) in [6, 6.07) is 5.81. The number of rotatable bonds is 8. The number of H-pyrrole nitrogens is 1. The van der Waals surface area contributed by atoms with Crippen molar-refractivity contribution in [3.05, 3.63) is 47.9 Å². The number of carbonyl (C=O) groups excluding carboxylic acids is 1. The van der Waals surface area contributed by atoms with Crippen LogP contribution >= 0.6 is 0 Å². The van der Waals surface area contributed by atoms with Gasteiger partial charge in [0.2, 0.25) is 5.95 Å². The van der Waals surface area contributed by atoms with Crippen LogP contribution in [0.2, 0.25) is 0 Å². The molecule has 9 rings (SSSR count). The number of hydrogen-bond acceptors (Lipinski definition) is 8. The molecule has 304 valence electrons. The molecule has 1 saturated carbocycles. The first-order valence-corrected chi connectivity index (χ1v) is 19.4. The van der Waals surface area contributed by atoms with Crippen LogP contribution in [0.15, 0.2) is 36.8 Å². The standard InChI is InChI=1S/C40H43F7N8O2/c1-23-3-6-29-28(16-48-51-29)30(23)31-26(25-4-5-25)15-27-32(33(31)57-22-40(45,46)47)49-36(55-19-37(20-55)7-11-52(12-8-37)21-39(42,43)44)50-34(27)53-13-9-38(10-14-53)17-54(18-38)35(56)24(2)41/h3,6,15-16,25H,2,4-5,7-14,17-22H2,1H3,(H,48,51). The van der Waals surface area contributed by atoms with Crippen LogP contribution in [0.1, 0.15) is 55.6 Å². The molecule has 0 radical (unpaired) electrons.